The highest BCUT2D eigenvalue weighted by molar-refractivity contribution is 7.99. The van der Waals surface area contributed by atoms with E-state index >= 15 is 0 Å². The summed E-state index contributed by atoms with van der Waals surface area (Å²) >= 11 is 1.30. The minimum absolute atomic E-state index is 0.0239. The third-order valence-electron chi connectivity index (χ3n) is 4.50. The highest BCUT2D eigenvalue weighted by atomic mass is 32.2. The van der Waals surface area contributed by atoms with Crippen LogP contribution in [0.5, 0.6) is 0 Å². The van der Waals surface area contributed by atoms with Crippen LogP contribution in [0.15, 0.2) is 34.2 Å². The molecule has 2 aromatic rings. The van der Waals surface area contributed by atoms with Crippen LogP contribution in [0, 0.1) is 0 Å². The first kappa shape index (κ1) is 17.8. The Balaban J connectivity index is 1.59. The highest BCUT2D eigenvalue weighted by Gasteiger charge is 2.21. The smallest absolute Gasteiger partial charge is 0.343 e. The first-order valence-corrected chi connectivity index (χ1v) is 9.82. The predicted octanol–water partition coefficient (Wildman–Crippen LogP) is 2.66. The predicted molar refractivity (Wildman–Crippen MR) is 98.7 cm³/mol. The van der Waals surface area contributed by atoms with Gasteiger partial charge in [-0.25, -0.2) is 9.89 Å². The van der Waals surface area contributed by atoms with Crippen molar-refractivity contribution in [1.82, 2.24) is 20.1 Å². The van der Waals surface area contributed by atoms with Gasteiger partial charge in [-0.1, -0.05) is 49.4 Å². The molecule has 3 rings (SSSR count). The summed E-state index contributed by atoms with van der Waals surface area (Å²) in [4.78, 5) is 24.1. The number of aryl methyl sites for hydroxylation is 1. The van der Waals surface area contributed by atoms with Crippen molar-refractivity contribution in [3.05, 3.63) is 45.9 Å². The Bertz CT molecular complexity index is 783. The average molecular weight is 360 g/mol. The number of hydrogen-bond acceptors (Lipinski definition) is 4. The van der Waals surface area contributed by atoms with Crippen LogP contribution < -0.4 is 11.0 Å². The number of benzene rings is 1. The normalized spacial score (nSPS) is 16.4. The molecule has 0 spiro atoms. The molecule has 25 heavy (non-hydrogen) atoms. The summed E-state index contributed by atoms with van der Waals surface area (Å²) in [7, 11) is 0. The largest absolute Gasteiger partial charge is 0.349 e. The van der Waals surface area contributed by atoms with Crippen molar-refractivity contribution >= 4 is 17.7 Å². The standard InChI is InChI=1S/C18H24N4O2S/c1-2-3-11-22-17(24)20-21-18(22)25-12-16(23)19-15-10-6-8-13-7-4-5-9-14(13)15/h4-5,7,9,15H,2-3,6,8,10-12H2,1H3,(H,19,23)(H,20,24)/t15-/m0/s1. The van der Waals surface area contributed by atoms with Crippen molar-refractivity contribution in [3.63, 3.8) is 0 Å². The number of hydrogen-bond donors (Lipinski definition) is 2. The number of unbranched alkanes of at least 4 members (excludes halogenated alkanes) is 1. The summed E-state index contributed by atoms with van der Waals surface area (Å²) in [6.45, 7) is 2.71. The van der Waals surface area contributed by atoms with E-state index in [0.29, 0.717) is 11.7 Å². The number of nitrogens with zero attached hydrogens (tertiary/aromatic N) is 2. The molecule has 2 N–H and O–H groups in total. The molecule has 134 valence electrons. The monoisotopic (exact) mass is 360 g/mol. The third kappa shape index (κ3) is 4.34. The van der Waals surface area contributed by atoms with E-state index in [2.05, 4.69) is 34.6 Å². The molecule has 0 fully saturated rings. The van der Waals surface area contributed by atoms with Crippen molar-refractivity contribution in [2.24, 2.45) is 0 Å². The molecule has 7 heteroatoms. The number of aromatic nitrogens is 3. The Labute approximate surface area is 151 Å². The van der Waals surface area contributed by atoms with E-state index in [1.54, 1.807) is 4.57 Å². The minimum Gasteiger partial charge on any atom is -0.349 e. The maximum atomic E-state index is 12.4. The second-order valence-corrected chi connectivity index (χ2v) is 7.26. The number of fused-ring (bicyclic) bond motifs is 1. The average Bonchev–Trinajstić information content (AvgIpc) is 2.98. The Morgan fingerprint density at radius 2 is 2.28 bits per heavy atom. The van der Waals surface area contributed by atoms with Gasteiger partial charge in [-0.15, -0.1) is 5.10 Å². The summed E-state index contributed by atoms with van der Waals surface area (Å²) in [5, 5.41) is 10.2. The van der Waals surface area contributed by atoms with Gasteiger partial charge in [-0.05, 0) is 36.8 Å². The Morgan fingerprint density at radius 1 is 1.44 bits per heavy atom. The number of carbonyl (C=O) groups excluding carboxylic acids is 1. The van der Waals surface area contributed by atoms with E-state index in [1.165, 1.54) is 22.9 Å². The van der Waals surface area contributed by atoms with Crippen molar-refractivity contribution in [2.45, 2.75) is 56.8 Å². The lowest BCUT2D eigenvalue weighted by atomic mass is 9.88. The molecule has 1 atom stereocenters. The fraction of sp³-hybridized carbons (Fsp3) is 0.500. The zero-order valence-corrected chi connectivity index (χ0v) is 15.3. The molecule has 1 heterocycles. The fourth-order valence-electron chi connectivity index (χ4n) is 3.20. The van der Waals surface area contributed by atoms with Gasteiger partial charge < -0.3 is 5.32 Å². The number of amides is 1. The molecule has 0 unspecified atom stereocenters. The lowest BCUT2D eigenvalue weighted by molar-refractivity contribution is -0.119. The quantitative estimate of drug-likeness (QED) is 0.744. The lowest BCUT2D eigenvalue weighted by Crippen LogP contribution is -2.32. The molecule has 0 aliphatic heterocycles. The highest BCUT2D eigenvalue weighted by Crippen LogP contribution is 2.29. The van der Waals surface area contributed by atoms with Gasteiger partial charge in [0.15, 0.2) is 5.16 Å². The van der Waals surface area contributed by atoms with Crippen LogP contribution in [0.2, 0.25) is 0 Å². The van der Waals surface area contributed by atoms with Gasteiger partial charge in [0.2, 0.25) is 5.91 Å². The Hall–Kier alpha value is -2.02. The van der Waals surface area contributed by atoms with Crippen LogP contribution in [0.4, 0.5) is 0 Å². The van der Waals surface area contributed by atoms with E-state index < -0.39 is 0 Å². The Kier molecular flexibility index (Phi) is 5.96. The van der Waals surface area contributed by atoms with Crippen molar-refractivity contribution in [2.75, 3.05) is 5.75 Å². The molecule has 1 aromatic heterocycles. The lowest BCUT2D eigenvalue weighted by Gasteiger charge is -2.26. The van der Waals surface area contributed by atoms with Crippen molar-refractivity contribution in [1.29, 1.82) is 0 Å². The van der Waals surface area contributed by atoms with Gasteiger partial charge in [-0.3, -0.25) is 9.36 Å². The number of H-pyrrole nitrogens is 1. The molecule has 0 saturated carbocycles. The number of nitrogens with one attached hydrogen (secondary N) is 2. The second-order valence-electron chi connectivity index (χ2n) is 6.32. The van der Waals surface area contributed by atoms with Gasteiger partial charge in [0.25, 0.3) is 0 Å². The molecule has 0 radical (unpaired) electrons. The second kappa shape index (κ2) is 8.38. The van der Waals surface area contributed by atoms with Crippen LogP contribution in [-0.2, 0) is 17.8 Å². The molecule has 1 aliphatic carbocycles. The molecule has 1 aromatic carbocycles. The molecular weight excluding hydrogens is 336 g/mol. The molecule has 1 aliphatic rings. The van der Waals surface area contributed by atoms with E-state index in [9.17, 15) is 9.59 Å². The SMILES string of the molecule is CCCCn1c(SCC(=O)N[C@H]2CCCc3ccccc32)n[nH]c1=O. The summed E-state index contributed by atoms with van der Waals surface area (Å²) in [5.74, 6) is 0.235. The maximum absolute atomic E-state index is 12.4. The van der Waals surface area contributed by atoms with E-state index in [4.69, 9.17) is 0 Å². The minimum atomic E-state index is -0.211. The van der Waals surface area contributed by atoms with E-state index in [-0.39, 0.29) is 23.4 Å². The zero-order valence-electron chi connectivity index (χ0n) is 14.5. The number of rotatable bonds is 7. The van der Waals surface area contributed by atoms with Crippen LogP contribution >= 0.6 is 11.8 Å². The van der Waals surface area contributed by atoms with Crippen molar-refractivity contribution in [3.8, 4) is 0 Å². The van der Waals surface area contributed by atoms with Gasteiger partial charge in [0.1, 0.15) is 0 Å². The Morgan fingerprint density at radius 3 is 3.12 bits per heavy atom. The van der Waals surface area contributed by atoms with Gasteiger partial charge in [0.05, 0.1) is 11.8 Å². The van der Waals surface area contributed by atoms with Crippen LogP contribution in [0.25, 0.3) is 0 Å². The van der Waals surface area contributed by atoms with Crippen LogP contribution in [0.3, 0.4) is 0 Å². The van der Waals surface area contributed by atoms with Crippen molar-refractivity contribution < 1.29 is 4.79 Å². The first-order valence-electron chi connectivity index (χ1n) is 8.84. The summed E-state index contributed by atoms with van der Waals surface area (Å²) in [6.07, 6.45) is 5.05. The zero-order chi connectivity index (χ0) is 17.6. The van der Waals surface area contributed by atoms with E-state index in [0.717, 1.165) is 32.1 Å². The molecular formula is C18H24N4O2S. The maximum Gasteiger partial charge on any atom is 0.343 e. The molecule has 0 saturated heterocycles. The fourth-order valence-corrected chi connectivity index (χ4v) is 3.98. The third-order valence-corrected chi connectivity index (χ3v) is 5.47. The topological polar surface area (TPSA) is 79.8 Å². The first-order chi connectivity index (χ1) is 12.2. The van der Waals surface area contributed by atoms with Gasteiger partial charge in [0, 0.05) is 6.54 Å². The summed E-state index contributed by atoms with van der Waals surface area (Å²) in [6, 6.07) is 8.39. The van der Waals surface area contributed by atoms with Crippen LogP contribution in [0.1, 0.15) is 49.8 Å². The molecule has 6 nitrogen and oxygen atoms in total. The molecule has 1 amide bonds. The van der Waals surface area contributed by atoms with Gasteiger partial charge in [-0.2, -0.15) is 0 Å². The van der Waals surface area contributed by atoms with Crippen LogP contribution in [-0.4, -0.2) is 26.4 Å². The number of aromatic amines is 1. The van der Waals surface area contributed by atoms with E-state index in [1.807, 2.05) is 12.1 Å². The van der Waals surface area contributed by atoms with Gasteiger partial charge >= 0.3 is 5.69 Å². The summed E-state index contributed by atoms with van der Waals surface area (Å²) in [5.41, 5.74) is 2.34. The molecule has 0 bridgehead atoms. The summed E-state index contributed by atoms with van der Waals surface area (Å²) < 4.78 is 1.61. The number of carbonyl (C=O) groups is 1. The number of thioether (sulfide) groups is 1.